The molecule has 0 unspecified atom stereocenters. The Morgan fingerprint density at radius 1 is 0.317 bits per heavy atom. The number of thiophene rings is 2. The van der Waals surface area contributed by atoms with Crippen LogP contribution in [0.1, 0.15) is 25.0 Å². The molecule has 294 valence electrons. The minimum atomic E-state index is -0.149. The Kier molecular flexibility index (Phi) is 7.31. The van der Waals surface area contributed by atoms with Gasteiger partial charge in [0, 0.05) is 51.1 Å². The van der Waals surface area contributed by atoms with Crippen molar-refractivity contribution in [2.24, 2.45) is 0 Å². The van der Waals surface area contributed by atoms with Gasteiger partial charge in [0.25, 0.3) is 0 Å². The van der Waals surface area contributed by atoms with Crippen molar-refractivity contribution in [2.45, 2.75) is 19.3 Å². The van der Waals surface area contributed by atoms with E-state index in [1.165, 1.54) is 139 Å². The number of hydrogen-bond acceptors (Lipinski definition) is 2. The molecule has 0 N–H and O–H groups in total. The van der Waals surface area contributed by atoms with Crippen molar-refractivity contribution in [3.8, 4) is 44.5 Å². The van der Waals surface area contributed by atoms with Gasteiger partial charge in [-0.2, -0.15) is 0 Å². The molecule has 0 bridgehead atoms. The van der Waals surface area contributed by atoms with Gasteiger partial charge >= 0.3 is 0 Å². The predicted molar refractivity (Wildman–Crippen MR) is 276 cm³/mol. The van der Waals surface area contributed by atoms with Gasteiger partial charge in [-0.15, -0.1) is 22.7 Å². The minimum Gasteiger partial charge on any atom is -0.134 e. The summed E-state index contributed by atoms with van der Waals surface area (Å²) in [5.41, 5.74) is 12.9. The molecule has 0 atom stereocenters. The molecule has 0 amide bonds. The summed E-state index contributed by atoms with van der Waals surface area (Å²) in [4.78, 5) is 0. The van der Waals surface area contributed by atoms with E-state index in [2.05, 4.69) is 208 Å². The lowest BCUT2D eigenvalue weighted by Crippen LogP contribution is -2.15. The van der Waals surface area contributed by atoms with Crippen molar-refractivity contribution >= 4 is 106 Å². The molecule has 11 aromatic carbocycles. The maximum atomic E-state index is 2.48. The molecular weight excluding hydrogens is 797 g/mol. The molecule has 0 saturated carbocycles. The van der Waals surface area contributed by atoms with Gasteiger partial charge in [-0.25, -0.2) is 0 Å². The van der Waals surface area contributed by atoms with Gasteiger partial charge < -0.3 is 0 Å². The molecule has 0 nitrogen and oxygen atoms in total. The third kappa shape index (κ3) is 4.97. The molecule has 0 saturated heterocycles. The molecule has 0 fully saturated rings. The van der Waals surface area contributed by atoms with Crippen LogP contribution in [0.4, 0.5) is 0 Å². The molecule has 1 aliphatic rings. The number of rotatable bonds is 3. The Labute approximate surface area is 372 Å². The zero-order valence-corrected chi connectivity index (χ0v) is 36.4. The third-order valence-corrected chi connectivity index (χ3v) is 16.6. The monoisotopic (exact) mass is 834 g/mol. The highest BCUT2D eigenvalue weighted by molar-refractivity contribution is 7.30. The Morgan fingerprint density at radius 3 is 1.60 bits per heavy atom. The van der Waals surface area contributed by atoms with E-state index in [0.29, 0.717) is 0 Å². The van der Waals surface area contributed by atoms with Crippen molar-refractivity contribution in [3.05, 3.63) is 205 Å². The number of hydrogen-bond donors (Lipinski definition) is 0. The SMILES string of the molecule is CC1(C)c2ccc(-c3c4ccccc4c(-c4ccc5ccccc5c4)c4ccccc34)cc2-c2ccc(-c3ccc4sc5c(c4c3)c3ccccc3c3sc4ccccc4c35)cc21. The Hall–Kier alpha value is -7.10. The summed E-state index contributed by atoms with van der Waals surface area (Å²) in [6, 6.07) is 73.3. The maximum absolute atomic E-state index is 2.48. The Balaban J connectivity index is 0.927. The fourth-order valence-electron chi connectivity index (χ4n) is 11.3. The average molecular weight is 835 g/mol. The van der Waals surface area contributed by atoms with Crippen LogP contribution >= 0.6 is 22.7 Å². The fraction of sp³-hybridized carbons (Fsp3) is 0.0492. The van der Waals surface area contributed by atoms with E-state index in [1.54, 1.807) is 0 Å². The van der Waals surface area contributed by atoms with Crippen LogP contribution in [0, 0.1) is 0 Å². The van der Waals surface area contributed by atoms with Crippen molar-refractivity contribution in [3.63, 3.8) is 0 Å². The van der Waals surface area contributed by atoms with Gasteiger partial charge in [0.15, 0.2) is 0 Å². The van der Waals surface area contributed by atoms with Gasteiger partial charge in [-0.3, -0.25) is 0 Å². The first-order valence-corrected chi connectivity index (χ1v) is 23.5. The molecule has 2 heterocycles. The second-order valence-corrected chi connectivity index (χ2v) is 20.0. The molecule has 1 aliphatic carbocycles. The summed E-state index contributed by atoms with van der Waals surface area (Å²) in [6.07, 6.45) is 0. The van der Waals surface area contributed by atoms with Crippen LogP contribution in [0.3, 0.4) is 0 Å². The topological polar surface area (TPSA) is 0 Å². The van der Waals surface area contributed by atoms with Gasteiger partial charge in [0.2, 0.25) is 0 Å². The highest BCUT2D eigenvalue weighted by Crippen LogP contribution is 2.54. The van der Waals surface area contributed by atoms with Crippen molar-refractivity contribution in [2.75, 3.05) is 0 Å². The van der Waals surface area contributed by atoms with E-state index in [9.17, 15) is 0 Å². The molecule has 63 heavy (non-hydrogen) atoms. The minimum absolute atomic E-state index is 0.149. The van der Waals surface area contributed by atoms with Crippen LogP contribution < -0.4 is 0 Å². The van der Waals surface area contributed by atoms with Crippen molar-refractivity contribution in [1.29, 1.82) is 0 Å². The predicted octanol–water partition coefficient (Wildman–Crippen LogP) is 18.3. The maximum Gasteiger partial charge on any atom is 0.0455 e. The second kappa shape index (κ2) is 13.0. The van der Waals surface area contributed by atoms with Crippen molar-refractivity contribution in [1.82, 2.24) is 0 Å². The van der Waals surface area contributed by atoms with E-state index in [0.717, 1.165) is 0 Å². The van der Waals surface area contributed by atoms with E-state index >= 15 is 0 Å². The first-order valence-electron chi connectivity index (χ1n) is 21.9. The van der Waals surface area contributed by atoms with Crippen LogP contribution in [-0.2, 0) is 5.41 Å². The summed E-state index contributed by atoms with van der Waals surface area (Å²) in [5.74, 6) is 0. The van der Waals surface area contributed by atoms with Crippen LogP contribution in [-0.4, -0.2) is 0 Å². The van der Waals surface area contributed by atoms with E-state index < -0.39 is 0 Å². The van der Waals surface area contributed by atoms with Gasteiger partial charge in [0.05, 0.1) is 0 Å². The molecule has 14 rings (SSSR count). The van der Waals surface area contributed by atoms with Crippen LogP contribution in [0.25, 0.3) is 128 Å². The third-order valence-electron chi connectivity index (χ3n) is 14.2. The van der Waals surface area contributed by atoms with Gasteiger partial charge in [-0.1, -0.05) is 172 Å². The highest BCUT2D eigenvalue weighted by atomic mass is 32.1. The summed E-state index contributed by atoms with van der Waals surface area (Å²) < 4.78 is 5.50. The van der Waals surface area contributed by atoms with Crippen LogP contribution in [0.2, 0.25) is 0 Å². The lowest BCUT2D eigenvalue weighted by molar-refractivity contribution is 0.660. The molecule has 0 aliphatic heterocycles. The molecular formula is C61H38S2. The van der Waals surface area contributed by atoms with E-state index in [-0.39, 0.29) is 5.41 Å². The van der Waals surface area contributed by atoms with E-state index in [4.69, 9.17) is 0 Å². The lowest BCUT2D eigenvalue weighted by Gasteiger charge is -2.22. The Bertz CT molecular complexity index is 4060. The normalized spacial score (nSPS) is 13.4. The first kappa shape index (κ1) is 35.5. The molecule has 13 aromatic rings. The fourth-order valence-corrected chi connectivity index (χ4v) is 13.8. The Morgan fingerprint density at radius 2 is 0.857 bits per heavy atom. The highest BCUT2D eigenvalue weighted by Gasteiger charge is 2.36. The zero-order valence-electron chi connectivity index (χ0n) is 34.8. The van der Waals surface area contributed by atoms with Crippen molar-refractivity contribution < 1.29 is 0 Å². The molecule has 0 radical (unpaired) electrons. The molecule has 0 spiro atoms. The summed E-state index contributed by atoms with van der Waals surface area (Å²) in [7, 11) is 0. The number of fused-ring (bicyclic) bond motifs is 16. The zero-order chi connectivity index (χ0) is 41.6. The van der Waals surface area contributed by atoms with E-state index in [1.807, 2.05) is 22.7 Å². The van der Waals surface area contributed by atoms with Gasteiger partial charge in [-0.05, 0) is 130 Å². The number of benzene rings is 11. The quantitative estimate of drug-likeness (QED) is 0.156. The largest absolute Gasteiger partial charge is 0.134 e. The summed E-state index contributed by atoms with van der Waals surface area (Å²) in [5, 5.41) is 15.9. The average Bonchev–Trinajstić information content (AvgIpc) is 3.98. The van der Waals surface area contributed by atoms with Crippen LogP contribution in [0.5, 0.6) is 0 Å². The molecule has 2 aromatic heterocycles. The molecule has 2 heteroatoms. The standard InChI is InChI=1S/C61H38S2/c1-61(2)51-29-26-40(56-44-17-7-5-15-42(44)55(43-16-6-8-18-45(43)56)39-24-23-35-13-3-4-14-36(35)31-39)33-49(51)41-28-25-38(34-52(41)61)37-27-30-54-50(32-37)57-46-19-9-10-20-47(46)59-58(60(57)63-54)48-21-11-12-22-53(48)62-59/h3-34H,1-2H3. The summed E-state index contributed by atoms with van der Waals surface area (Å²) in [6.45, 7) is 4.81. The second-order valence-electron chi connectivity index (χ2n) is 17.9. The smallest absolute Gasteiger partial charge is 0.0455 e. The first-order chi connectivity index (χ1) is 31.0. The summed E-state index contributed by atoms with van der Waals surface area (Å²) >= 11 is 3.88. The van der Waals surface area contributed by atoms with Crippen LogP contribution in [0.15, 0.2) is 194 Å². The lowest BCUT2D eigenvalue weighted by atomic mass is 9.81. The van der Waals surface area contributed by atoms with Gasteiger partial charge in [0.1, 0.15) is 0 Å².